The summed E-state index contributed by atoms with van der Waals surface area (Å²) in [5, 5.41) is 0. The lowest BCUT2D eigenvalue weighted by Gasteiger charge is -2.32. The minimum atomic E-state index is -0.914. The van der Waals surface area contributed by atoms with E-state index in [0.29, 0.717) is 25.3 Å². The van der Waals surface area contributed by atoms with Crippen molar-refractivity contribution in [1.29, 1.82) is 0 Å². The van der Waals surface area contributed by atoms with Crippen LogP contribution in [-0.2, 0) is 9.53 Å². The van der Waals surface area contributed by atoms with Gasteiger partial charge in [-0.05, 0) is 47.7 Å². The third kappa shape index (κ3) is 4.51. The molecule has 1 saturated heterocycles. The van der Waals surface area contributed by atoms with Crippen LogP contribution in [0.2, 0.25) is 0 Å². The summed E-state index contributed by atoms with van der Waals surface area (Å²) < 4.78 is 32.1. The van der Waals surface area contributed by atoms with Crippen LogP contribution in [0.25, 0.3) is 6.08 Å². The summed E-state index contributed by atoms with van der Waals surface area (Å²) >= 11 is 1.66. The molecule has 3 rings (SSSR count). The van der Waals surface area contributed by atoms with Gasteiger partial charge in [-0.1, -0.05) is 18.2 Å². The molecule has 1 amide bonds. The van der Waals surface area contributed by atoms with Crippen LogP contribution in [-0.4, -0.2) is 36.8 Å². The van der Waals surface area contributed by atoms with Crippen molar-refractivity contribution in [3.63, 3.8) is 0 Å². The van der Waals surface area contributed by atoms with Crippen molar-refractivity contribution >= 4 is 23.7 Å². The zero-order valence-corrected chi connectivity index (χ0v) is 15.1. The lowest BCUT2D eigenvalue weighted by Crippen LogP contribution is -2.41. The molecule has 1 unspecified atom stereocenters. The number of rotatable bonds is 4. The molecule has 1 heterocycles. The smallest absolute Gasteiger partial charge is 0.246 e. The Labute approximate surface area is 155 Å². The third-order valence-electron chi connectivity index (χ3n) is 4.23. The molecule has 0 N–H and O–H groups in total. The van der Waals surface area contributed by atoms with E-state index in [9.17, 15) is 13.6 Å². The topological polar surface area (TPSA) is 29.5 Å². The van der Waals surface area contributed by atoms with E-state index in [-0.39, 0.29) is 5.91 Å². The molecule has 0 saturated carbocycles. The molecule has 0 spiro atoms. The van der Waals surface area contributed by atoms with E-state index < -0.39 is 17.7 Å². The summed E-state index contributed by atoms with van der Waals surface area (Å²) in [6, 6.07) is 11.6. The van der Waals surface area contributed by atoms with E-state index in [1.165, 1.54) is 12.1 Å². The van der Waals surface area contributed by atoms with E-state index in [1.807, 2.05) is 30.5 Å². The molecule has 0 aromatic heterocycles. The number of benzene rings is 2. The number of nitrogens with zero attached hydrogens (tertiary/aromatic N) is 1. The lowest BCUT2D eigenvalue weighted by molar-refractivity contribution is -0.133. The number of amides is 1. The predicted molar refractivity (Wildman–Crippen MR) is 98.9 cm³/mol. The SMILES string of the molecule is CSc1ccc(/C=C/C(=O)N2CCOC(c3ccc(F)c(F)c3)C2)cc1. The van der Waals surface area contributed by atoms with Gasteiger partial charge in [0.15, 0.2) is 11.6 Å². The number of ether oxygens (including phenoxy) is 1. The second kappa shape index (κ2) is 8.47. The second-order valence-corrected chi connectivity index (χ2v) is 6.80. The van der Waals surface area contributed by atoms with Gasteiger partial charge in [-0.15, -0.1) is 11.8 Å². The summed E-state index contributed by atoms with van der Waals surface area (Å²) in [5.74, 6) is -1.94. The van der Waals surface area contributed by atoms with E-state index in [2.05, 4.69) is 0 Å². The van der Waals surface area contributed by atoms with Gasteiger partial charge in [0, 0.05) is 17.5 Å². The molecule has 136 valence electrons. The maximum atomic E-state index is 13.4. The molecule has 1 aliphatic rings. The highest BCUT2D eigenvalue weighted by Crippen LogP contribution is 2.24. The van der Waals surface area contributed by atoms with Gasteiger partial charge in [0.05, 0.1) is 13.2 Å². The Bertz CT molecular complexity index is 808. The maximum absolute atomic E-state index is 13.4. The number of carbonyl (C=O) groups excluding carboxylic acids is 1. The molecule has 6 heteroatoms. The normalized spacial score (nSPS) is 17.7. The number of hydrogen-bond donors (Lipinski definition) is 0. The molecule has 0 aliphatic carbocycles. The van der Waals surface area contributed by atoms with Crippen LogP contribution in [0.5, 0.6) is 0 Å². The van der Waals surface area contributed by atoms with Gasteiger partial charge >= 0.3 is 0 Å². The van der Waals surface area contributed by atoms with E-state index >= 15 is 0 Å². The summed E-state index contributed by atoms with van der Waals surface area (Å²) in [6.45, 7) is 1.13. The Morgan fingerprint density at radius 2 is 1.96 bits per heavy atom. The molecular weight excluding hydrogens is 356 g/mol. The monoisotopic (exact) mass is 375 g/mol. The minimum Gasteiger partial charge on any atom is -0.370 e. The van der Waals surface area contributed by atoms with Gasteiger partial charge in [0.25, 0.3) is 0 Å². The first kappa shape index (κ1) is 18.6. The standard InChI is InChI=1S/C20H19F2NO2S/c1-26-16-6-2-14(3-7-16)4-9-20(24)23-10-11-25-19(13-23)15-5-8-17(21)18(22)12-15/h2-9,12,19H,10-11,13H2,1H3/b9-4+. The molecule has 1 aliphatic heterocycles. The minimum absolute atomic E-state index is 0.130. The fraction of sp³-hybridized carbons (Fsp3) is 0.250. The van der Waals surface area contributed by atoms with Crippen molar-refractivity contribution < 1.29 is 18.3 Å². The van der Waals surface area contributed by atoms with Gasteiger partial charge in [-0.3, -0.25) is 4.79 Å². The molecule has 1 atom stereocenters. The second-order valence-electron chi connectivity index (χ2n) is 5.92. The zero-order chi connectivity index (χ0) is 18.5. The van der Waals surface area contributed by atoms with Crippen LogP contribution >= 0.6 is 11.8 Å². The summed E-state index contributed by atoms with van der Waals surface area (Å²) in [6.07, 6.45) is 4.85. The highest BCUT2D eigenvalue weighted by molar-refractivity contribution is 7.98. The van der Waals surface area contributed by atoms with Gasteiger partial charge in [-0.25, -0.2) is 8.78 Å². The van der Waals surface area contributed by atoms with Gasteiger partial charge in [0.1, 0.15) is 6.10 Å². The van der Waals surface area contributed by atoms with Crippen molar-refractivity contribution in [2.24, 2.45) is 0 Å². The lowest BCUT2D eigenvalue weighted by atomic mass is 10.1. The van der Waals surface area contributed by atoms with Crippen LogP contribution in [0.1, 0.15) is 17.2 Å². The van der Waals surface area contributed by atoms with Crippen molar-refractivity contribution in [1.82, 2.24) is 4.90 Å². The Balaban J connectivity index is 1.65. The summed E-state index contributed by atoms with van der Waals surface area (Å²) in [4.78, 5) is 15.3. The molecule has 0 bridgehead atoms. The first-order valence-electron chi connectivity index (χ1n) is 8.24. The molecule has 2 aromatic carbocycles. The molecule has 3 nitrogen and oxygen atoms in total. The number of morpholine rings is 1. The molecule has 26 heavy (non-hydrogen) atoms. The van der Waals surface area contributed by atoms with Crippen LogP contribution in [0.4, 0.5) is 8.78 Å². The Morgan fingerprint density at radius 3 is 2.65 bits per heavy atom. The highest BCUT2D eigenvalue weighted by Gasteiger charge is 2.25. The molecular formula is C20H19F2NO2S. The van der Waals surface area contributed by atoms with Gasteiger partial charge < -0.3 is 9.64 Å². The Morgan fingerprint density at radius 1 is 1.19 bits per heavy atom. The van der Waals surface area contributed by atoms with E-state index in [4.69, 9.17) is 4.74 Å². The number of halogens is 2. The average Bonchev–Trinajstić information content (AvgIpc) is 2.68. The molecule has 0 radical (unpaired) electrons. The Kier molecular flexibility index (Phi) is 6.06. The van der Waals surface area contributed by atoms with Crippen molar-refractivity contribution in [2.75, 3.05) is 26.0 Å². The van der Waals surface area contributed by atoms with Crippen molar-refractivity contribution in [2.45, 2.75) is 11.0 Å². The zero-order valence-electron chi connectivity index (χ0n) is 14.3. The maximum Gasteiger partial charge on any atom is 0.246 e. The largest absolute Gasteiger partial charge is 0.370 e. The summed E-state index contributed by atoms with van der Waals surface area (Å²) in [5.41, 5.74) is 1.47. The van der Waals surface area contributed by atoms with Gasteiger partial charge in [-0.2, -0.15) is 0 Å². The van der Waals surface area contributed by atoms with Crippen LogP contribution in [0, 0.1) is 11.6 Å². The van der Waals surface area contributed by atoms with Crippen LogP contribution in [0.15, 0.2) is 53.4 Å². The predicted octanol–water partition coefficient (Wildman–Crippen LogP) is 4.30. The van der Waals surface area contributed by atoms with E-state index in [1.54, 1.807) is 22.7 Å². The van der Waals surface area contributed by atoms with Gasteiger partial charge in [0.2, 0.25) is 5.91 Å². The first-order valence-corrected chi connectivity index (χ1v) is 9.47. The summed E-state index contributed by atoms with van der Waals surface area (Å²) in [7, 11) is 0. The average molecular weight is 375 g/mol. The van der Waals surface area contributed by atoms with Crippen LogP contribution < -0.4 is 0 Å². The highest BCUT2D eigenvalue weighted by atomic mass is 32.2. The molecule has 2 aromatic rings. The Hall–Kier alpha value is -2.18. The fourth-order valence-corrected chi connectivity index (χ4v) is 3.16. The van der Waals surface area contributed by atoms with Crippen LogP contribution in [0.3, 0.4) is 0 Å². The number of thioether (sulfide) groups is 1. The fourth-order valence-electron chi connectivity index (χ4n) is 2.75. The van der Waals surface area contributed by atoms with Crippen molar-refractivity contribution in [3.8, 4) is 0 Å². The van der Waals surface area contributed by atoms with Crippen molar-refractivity contribution in [3.05, 3.63) is 71.3 Å². The van der Waals surface area contributed by atoms with E-state index in [0.717, 1.165) is 22.6 Å². The quantitative estimate of drug-likeness (QED) is 0.589. The number of hydrogen-bond acceptors (Lipinski definition) is 3. The molecule has 1 fully saturated rings. The number of carbonyl (C=O) groups is 1. The first-order chi connectivity index (χ1) is 12.6. The third-order valence-corrected chi connectivity index (χ3v) is 4.97.